The zero-order valence-electron chi connectivity index (χ0n) is 12.2. The molecule has 0 amide bonds. The van der Waals surface area contributed by atoms with Crippen molar-refractivity contribution in [1.29, 1.82) is 0 Å². The predicted octanol–water partition coefficient (Wildman–Crippen LogP) is 1.24. The first-order chi connectivity index (χ1) is 8.40. The molecule has 2 N–H and O–H groups in total. The summed E-state index contributed by atoms with van der Waals surface area (Å²) in [6, 6.07) is 0.535. The molecule has 0 bridgehead atoms. The maximum Gasteiger partial charge on any atom is 0.0662 e. The average molecular weight is 256 g/mol. The Morgan fingerprint density at radius 3 is 2.67 bits per heavy atom. The molecule has 2 aliphatic rings. The lowest BCUT2D eigenvalue weighted by atomic mass is 9.54. The molecule has 1 aliphatic heterocycles. The molecule has 2 rings (SSSR count). The van der Waals surface area contributed by atoms with Crippen LogP contribution in [0.15, 0.2) is 0 Å². The van der Waals surface area contributed by atoms with E-state index in [0.29, 0.717) is 12.1 Å². The van der Waals surface area contributed by atoms with Crippen LogP contribution in [0, 0.1) is 5.41 Å². The van der Waals surface area contributed by atoms with Crippen molar-refractivity contribution in [2.45, 2.75) is 51.3 Å². The van der Waals surface area contributed by atoms with Crippen molar-refractivity contribution >= 4 is 0 Å². The van der Waals surface area contributed by atoms with Crippen LogP contribution in [-0.4, -0.2) is 56.0 Å². The summed E-state index contributed by atoms with van der Waals surface area (Å²) in [7, 11) is 2.16. The summed E-state index contributed by atoms with van der Waals surface area (Å²) in [4.78, 5) is 2.37. The normalized spacial score (nSPS) is 39.0. The van der Waals surface area contributed by atoms with E-state index < -0.39 is 0 Å². The monoisotopic (exact) mass is 256 g/mol. The Bertz CT molecular complexity index is 290. The molecule has 18 heavy (non-hydrogen) atoms. The third-order valence-electron chi connectivity index (χ3n) is 5.07. The summed E-state index contributed by atoms with van der Waals surface area (Å²) in [5.74, 6) is 0. The van der Waals surface area contributed by atoms with Gasteiger partial charge in [-0.3, -0.25) is 4.90 Å². The van der Waals surface area contributed by atoms with Crippen molar-refractivity contribution in [2.24, 2.45) is 11.1 Å². The minimum Gasteiger partial charge on any atom is -0.380 e. The van der Waals surface area contributed by atoms with Gasteiger partial charge in [0.1, 0.15) is 0 Å². The fourth-order valence-corrected chi connectivity index (χ4v) is 3.22. The molecule has 0 radical (unpaired) electrons. The SMILES string of the molecule is CCOC1CC(N)(CN(C)C2CCOC2)C1(C)C. The number of hydrogen-bond donors (Lipinski definition) is 1. The van der Waals surface area contributed by atoms with Crippen molar-refractivity contribution < 1.29 is 9.47 Å². The van der Waals surface area contributed by atoms with Crippen LogP contribution in [0.5, 0.6) is 0 Å². The third kappa shape index (κ3) is 2.31. The minimum absolute atomic E-state index is 0.0523. The first-order valence-corrected chi connectivity index (χ1v) is 7.09. The summed E-state index contributed by atoms with van der Waals surface area (Å²) in [6.07, 6.45) is 2.40. The predicted molar refractivity (Wildman–Crippen MR) is 72.6 cm³/mol. The first kappa shape index (κ1) is 14.3. The van der Waals surface area contributed by atoms with Gasteiger partial charge in [0.15, 0.2) is 0 Å². The quantitative estimate of drug-likeness (QED) is 0.804. The lowest BCUT2D eigenvalue weighted by Gasteiger charge is -2.60. The zero-order chi connectivity index (χ0) is 13.4. The highest BCUT2D eigenvalue weighted by atomic mass is 16.5. The zero-order valence-corrected chi connectivity index (χ0v) is 12.2. The van der Waals surface area contributed by atoms with E-state index in [1.165, 1.54) is 0 Å². The van der Waals surface area contributed by atoms with Gasteiger partial charge in [-0.2, -0.15) is 0 Å². The molecule has 0 aromatic rings. The van der Waals surface area contributed by atoms with E-state index in [0.717, 1.165) is 39.2 Å². The standard InChI is InChI=1S/C14H28N2O2/c1-5-18-12-8-14(15,13(12,2)3)10-16(4)11-6-7-17-9-11/h11-12H,5-10,15H2,1-4H3. The summed E-state index contributed by atoms with van der Waals surface area (Å²) in [6.45, 7) is 9.95. The fraction of sp³-hybridized carbons (Fsp3) is 1.00. The van der Waals surface area contributed by atoms with Gasteiger partial charge in [0.05, 0.1) is 12.7 Å². The molecule has 1 aliphatic carbocycles. The Morgan fingerprint density at radius 1 is 1.44 bits per heavy atom. The van der Waals surface area contributed by atoms with Crippen molar-refractivity contribution in [3.63, 3.8) is 0 Å². The molecule has 106 valence electrons. The molecular formula is C14H28N2O2. The van der Waals surface area contributed by atoms with Crippen molar-refractivity contribution in [3.8, 4) is 0 Å². The van der Waals surface area contributed by atoms with Gasteiger partial charge in [-0.1, -0.05) is 13.8 Å². The van der Waals surface area contributed by atoms with Crippen LogP contribution < -0.4 is 5.73 Å². The molecule has 4 heteroatoms. The number of hydrogen-bond acceptors (Lipinski definition) is 4. The molecule has 4 nitrogen and oxygen atoms in total. The number of likely N-dealkylation sites (N-methyl/N-ethyl adjacent to an activating group) is 1. The Hall–Kier alpha value is -0.160. The average Bonchev–Trinajstić information content (AvgIpc) is 2.82. The Morgan fingerprint density at radius 2 is 2.17 bits per heavy atom. The van der Waals surface area contributed by atoms with E-state index in [1.807, 2.05) is 0 Å². The van der Waals surface area contributed by atoms with Crippen molar-refractivity contribution in [1.82, 2.24) is 4.90 Å². The molecule has 0 spiro atoms. The topological polar surface area (TPSA) is 47.7 Å². The van der Waals surface area contributed by atoms with Gasteiger partial charge in [0.25, 0.3) is 0 Å². The summed E-state index contributed by atoms with van der Waals surface area (Å²) >= 11 is 0. The van der Waals surface area contributed by atoms with Crippen LogP contribution in [0.25, 0.3) is 0 Å². The third-order valence-corrected chi connectivity index (χ3v) is 5.07. The maximum atomic E-state index is 6.61. The molecule has 1 saturated carbocycles. The van der Waals surface area contributed by atoms with E-state index in [2.05, 4.69) is 32.7 Å². The molecule has 2 fully saturated rings. The van der Waals surface area contributed by atoms with E-state index in [1.54, 1.807) is 0 Å². The van der Waals surface area contributed by atoms with Crippen LogP contribution in [0.3, 0.4) is 0 Å². The Kier molecular flexibility index (Phi) is 4.02. The molecule has 0 aromatic heterocycles. The highest BCUT2D eigenvalue weighted by molar-refractivity contribution is 5.14. The minimum atomic E-state index is -0.135. The van der Waals surface area contributed by atoms with Gasteiger partial charge in [0.2, 0.25) is 0 Å². The van der Waals surface area contributed by atoms with E-state index in [9.17, 15) is 0 Å². The molecule has 0 aromatic carbocycles. The van der Waals surface area contributed by atoms with Gasteiger partial charge in [-0.25, -0.2) is 0 Å². The smallest absolute Gasteiger partial charge is 0.0662 e. The van der Waals surface area contributed by atoms with Crippen LogP contribution in [0.2, 0.25) is 0 Å². The molecular weight excluding hydrogens is 228 g/mol. The molecule has 1 heterocycles. The van der Waals surface area contributed by atoms with Crippen LogP contribution in [0.4, 0.5) is 0 Å². The second kappa shape index (κ2) is 5.08. The van der Waals surface area contributed by atoms with Gasteiger partial charge in [-0.05, 0) is 26.8 Å². The lowest BCUT2D eigenvalue weighted by Crippen LogP contribution is -2.73. The summed E-state index contributed by atoms with van der Waals surface area (Å²) < 4.78 is 11.2. The van der Waals surface area contributed by atoms with Crippen LogP contribution in [0.1, 0.15) is 33.6 Å². The largest absolute Gasteiger partial charge is 0.380 e. The van der Waals surface area contributed by atoms with Crippen LogP contribution in [-0.2, 0) is 9.47 Å². The molecule has 1 saturated heterocycles. The number of nitrogens with zero attached hydrogens (tertiary/aromatic N) is 1. The first-order valence-electron chi connectivity index (χ1n) is 7.09. The molecule has 3 unspecified atom stereocenters. The lowest BCUT2D eigenvalue weighted by molar-refractivity contribution is -0.157. The summed E-state index contributed by atoms with van der Waals surface area (Å²) in [5.41, 5.74) is 6.52. The van der Waals surface area contributed by atoms with Crippen LogP contribution >= 0.6 is 0 Å². The van der Waals surface area contributed by atoms with Gasteiger partial charge in [0, 0.05) is 36.8 Å². The van der Waals surface area contributed by atoms with Crippen molar-refractivity contribution in [3.05, 3.63) is 0 Å². The second-order valence-electron chi connectivity index (χ2n) is 6.46. The van der Waals surface area contributed by atoms with E-state index >= 15 is 0 Å². The number of rotatable bonds is 5. The maximum absolute atomic E-state index is 6.61. The van der Waals surface area contributed by atoms with Gasteiger partial charge < -0.3 is 15.2 Å². The van der Waals surface area contributed by atoms with Gasteiger partial charge >= 0.3 is 0 Å². The highest BCUT2D eigenvalue weighted by Gasteiger charge is 2.58. The highest BCUT2D eigenvalue weighted by Crippen LogP contribution is 2.50. The van der Waals surface area contributed by atoms with E-state index in [-0.39, 0.29) is 11.0 Å². The fourth-order valence-electron chi connectivity index (χ4n) is 3.22. The summed E-state index contributed by atoms with van der Waals surface area (Å²) in [5, 5.41) is 0. The Balaban J connectivity index is 1.92. The van der Waals surface area contributed by atoms with E-state index in [4.69, 9.17) is 15.2 Å². The van der Waals surface area contributed by atoms with Crippen molar-refractivity contribution in [2.75, 3.05) is 33.4 Å². The second-order valence-corrected chi connectivity index (χ2v) is 6.46. The van der Waals surface area contributed by atoms with Gasteiger partial charge in [-0.15, -0.1) is 0 Å². The molecule has 3 atom stereocenters. The Labute approximate surface area is 111 Å². The number of nitrogens with two attached hydrogens (primary N) is 1. The number of ether oxygens (including phenoxy) is 2.